The molecule has 2 rings (SSSR count). The number of aromatic nitrogens is 3. The Balaban J connectivity index is 1.85. The molecule has 1 amide bonds. The molecule has 6 heteroatoms. The molecule has 2 aromatic rings. The molecular formula is C15H21N5O. The van der Waals surface area contributed by atoms with Crippen molar-refractivity contribution in [2.45, 2.75) is 26.4 Å². The molecule has 2 aromatic heterocycles. The van der Waals surface area contributed by atoms with E-state index in [4.69, 9.17) is 0 Å². The highest BCUT2D eigenvalue weighted by Gasteiger charge is 2.18. The Morgan fingerprint density at radius 3 is 2.81 bits per heavy atom. The summed E-state index contributed by atoms with van der Waals surface area (Å²) in [4.78, 5) is 22.5. The summed E-state index contributed by atoms with van der Waals surface area (Å²) in [6.07, 6.45) is 5.39. The first-order chi connectivity index (χ1) is 10.1. The fraction of sp³-hybridized carbons (Fsp3) is 0.400. The molecule has 0 aliphatic heterocycles. The molecule has 112 valence electrons. The number of nitrogens with zero attached hydrogens (tertiary/aromatic N) is 4. The van der Waals surface area contributed by atoms with Crippen LogP contribution in [0.5, 0.6) is 0 Å². The minimum absolute atomic E-state index is 0.0569. The predicted octanol–water partition coefficient (Wildman–Crippen LogP) is 1.55. The van der Waals surface area contributed by atoms with Gasteiger partial charge in [-0.1, -0.05) is 6.07 Å². The highest BCUT2D eigenvalue weighted by molar-refractivity contribution is 5.93. The first kappa shape index (κ1) is 15.2. The van der Waals surface area contributed by atoms with Crippen LogP contribution >= 0.6 is 0 Å². The molecule has 0 bridgehead atoms. The second-order valence-electron chi connectivity index (χ2n) is 5.03. The molecule has 0 saturated heterocycles. The van der Waals surface area contributed by atoms with Gasteiger partial charge in [0.1, 0.15) is 11.6 Å². The predicted molar refractivity (Wildman–Crippen MR) is 81.9 cm³/mol. The Morgan fingerprint density at radius 1 is 1.38 bits per heavy atom. The van der Waals surface area contributed by atoms with Gasteiger partial charge in [-0.25, -0.2) is 9.97 Å². The zero-order chi connectivity index (χ0) is 15.2. The summed E-state index contributed by atoms with van der Waals surface area (Å²) >= 11 is 0. The van der Waals surface area contributed by atoms with Gasteiger partial charge in [0.15, 0.2) is 0 Å². The van der Waals surface area contributed by atoms with Crippen LogP contribution in [0.1, 0.15) is 12.7 Å². The second-order valence-corrected chi connectivity index (χ2v) is 5.03. The Bertz CT molecular complexity index is 581. The first-order valence-electron chi connectivity index (χ1n) is 6.98. The summed E-state index contributed by atoms with van der Waals surface area (Å²) in [5, 5.41) is 2.82. The average Bonchev–Trinajstić information content (AvgIpc) is 2.90. The number of nitrogens with one attached hydrogen (secondary N) is 1. The lowest BCUT2D eigenvalue weighted by atomic mass is 10.2. The van der Waals surface area contributed by atoms with Gasteiger partial charge in [0.2, 0.25) is 5.91 Å². The van der Waals surface area contributed by atoms with E-state index in [0.29, 0.717) is 5.82 Å². The molecule has 0 aromatic carbocycles. The zero-order valence-corrected chi connectivity index (χ0v) is 12.7. The van der Waals surface area contributed by atoms with Crippen molar-refractivity contribution >= 4 is 11.7 Å². The summed E-state index contributed by atoms with van der Waals surface area (Å²) < 4.78 is 2.07. The highest BCUT2D eigenvalue weighted by atomic mass is 16.2. The Labute approximate surface area is 124 Å². The summed E-state index contributed by atoms with van der Waals surface area (Å²) in [5.74, 6) is 1.50. The van der Waals surface area contributed by atoms with E-state index in [1.807, 2.05) is 44.1 Å². The molecule has 0 aliphatic carbocycles. The van der Waals surface area contributed by atoms with Crippen LogP contribution in [0.2, 0.25) is 0 Å². The summed E-state index contributed by atoms with van der Waals surface area (Å²) in [7, 11) is 1.94. The van der Waals surface area contributed by atoms with E-state index in [9.17, 15) is 4.79 Å². The number of imidazole rings is 1. The molecule has 1 atom stereocenters. The number of aryl methyl sites for hydroxylation is 1. The molecule has 0 radical (unpaired) electrons. The molecule has 2 heterocycles. The summed E-state index contributed by atoms with van der Waals surface area (Å²) in [6, 6.07) is 5.22. The Morgan fingerprint density at radius 2 is 2.19 bits per heavy atom. The van der Waals surface area contributed by atoms with Crippen molar-refractivity contribution in [2.24, 2.45) is 0 Å². The van der Waals surface area contributed by atoms with E-state index in [1.54, 1.807) is 18.5 Å². The van der Waals surface area contributed by atoms with E-state index in [0.717, 1.165) is 18.9 Å². The van der Waals surface area contributed by atoms with Gasteiger partial charge in [-0.05, 0) is 33.0 Å². The van der Waals surface area contributed by atoms with Gasteiger partial charge in [0.05, 0.1) is 6.04 Å². The quantitative estimate of drug-likeness (QED) is 0.875. The minimum atomic E-state index is -0.226. The molecule has 6 nitrogen and oxygen atoms in total. The number of hydrogen-bond acceptors (Lipinski definition) is 4. The lowest BCUT2D eigenvalue weighted by molar-refractivity contribution is -0.120. The van der Waals surface area contributed by atoms with Crippen molar-refractivity contribution in [1.29, 1.82) is 0 Å². The largest absolute Gasteiger partial charge is 0.334 e. The van der Waals surface area contributed by atoms with Crippen LogP contribution in [-0.2, 0) is 11.3 Å². The van der Waals surface area contributed by atoms with Gasteiger partial charge in [0, 0.05) is 31.7 Å². The van der Waals surface area contributed by atoms with Crippen LogP contribution in [0.3, 0.4) is 0 Å². The van der Waals surface area contributed by atoms with Crippen molar-refractivity contribution < 1.29 is 4.79 Å². The number of carbonyl (C=O) groups is 1. The zero-order valence-electron chi connectivity index (χ0n) is 12.7. The minimum Gasteiger partial charge on any atom is -0.334 e. The maximum atomic E-state index is 12.2. The normalized spacial score (nSPS) is 12.4. The fourth-order valence-corrected chi connectivity index (χ4v) is 1.97. The van der Waals surface area contributed by atoms with Crippen molar-refractivity contribution in [2.75, 3.05) is 18.9 Å². The van der Waals surface area contributed by atoms with Crippen LogP contribution in [0.4, 0.5) is 5.82 Å². The van der Waals surface area contributed by atoms with Crippen LogP contribution in [0.15, 0.2) is 36.8 Å². The monoisotopic (exact) mass is 287 g/mol. The number of hydrogen-bond donors (Lipinski definition) is 1. The lowest BCUT2D eigenvalue weighted by Gasteiger charge is -2.24. The molecule has 1 N–H and O–H groups in total. The number of carbonyl (C=O) groups excluding carboxylic acids is 1. The maximum Gasteiger partial charge on any atom is 0.242 e. The van der Waals surface area contributed by atoms with Crippen LogP contribution in [0.25, 0.3) is 0 Å². The van der Waals surface area contributed by atoms with E-state index in [2.05, 4.69) is 19.9 Å². The highest BCUT2D eigenvalue weighted by Crippen LogP contribution is 2.04. The van der Waals surface area contributed by atoms with Crippen molar-refractivity contribution in [3.8, 4) is 0 Å². The van der Waals surface area contributed by atoms with Crippen LogP contribution in [0, 0.1) is 6.92 Å². The topological polar surface area (TPSA) is 63.1 Å². The summed E-state index contributed by atoms with van der Waals surface area (Å²) in [6.45, 7) is 5.44. The van der Waals surface area contributed by atoms with E-state index in [1.165, 1.54) is 0 Å². The third-order valence-corrected chi connectivity index (χ3v) is 3.57. The Hall–Kier alpha value is -2.21. The van der Waals surface area contributed by atoms with Gasteiger partial charge in [0.25, 0.3) is 0 Å². The number of rotatable bonds is 6. The van der Waals surface area contributed by atoms with E-state index >= 15 is 0 Å². The lowest BCUT2D eigenvalue weighted by Crippen LogP contribution is -2.41. The number of likely N-dealkylation sites (N-methyl/N-ethyl adjacent to an activating group) is 1. The molecule has 0 fully saturated rings. The van der Waals surface area contributed by atoms with Crippen LogP contribution < -0.4 is 5.32 Å². The number of pyridine rings is 1. The Kier molecular flexibility index (Phi) is 5.05. The number of amides is 1. The van der Waals surface area contributed by atoms with Gasteiger partial charge >= 0.3 is 0 Å². The molecule has 21 heavy (non-hydrogen) atoms. The third-order valence-electron chi connectivity index (χ3n) is 3.57. The maximum absolute atomic E-state index is 12.2. The smallest absolute Gasteiger partial charge is 0.242 e. The first-order valence-corrected chi connectivity index (χ1v) is 6.98. The van der Waals surface area contributed by atoms with Gasteiger partial charge in [-0.15, -0.1) is 0 Å². The molecule has 0 aliphatic rings. The van der Waals surface area contributed by atoms with E-state index < -0.39 is 0 Å². The average molecular weight is 287 g/mol. The van der Waals surface area contributed by atoms with Crippen LogP contribution in [-0.4, -0.2) is 45.0 Å². The van der Waals surface area contributed by atoms with Crippen molar-refractivity contribution in [3.63, 3.8) is 0 Å². The molecule has 0 spiro atoms. The summed E-state index contributed by atoms with van der Waals surface area (Å²) in [5.41, 5.74) is 0. The second kappa shape index (κ2) is 6.99. The van der Waals surface area contributed by atoms with Gasteiger partial charge in [-0.3, -0.25) is 9.69 Å². The SMILES string of the molecule is Cc1nccn1CCN(C)[C@@H](C)C(=O)Nc1ccccn1. The van der Waals surface area contributed by atoms with Crippen molar-refractivity contribution in [3.05, 3.63) is 42.6 Å². The van der Waals surface area contributed by atoms with Crippen molar-refractivity contribution in [1.82, 2.24) is 19.4 Å². The fourth-order valence-electron chi connectivity index (χ4n) is 1.97. The van der Waals surface area contributed by atoms with Gasteiger partial charge < -0.3 is 9.88 Å². The molecule has 0 unspecified atom stereocenters. The standard InChI is InChI=1S/C15H21N5O/c1-12(15(21)18-14-6-4-5-7-17-14)19(3)10-11-20-9-8-16-13(20)2/h4-9,12H,10-11H2,1-3H3,(H,17,18,21)/t12-/m0/s1. The third kappa shape index (κ3) is 4.13. The molecule has 0 saturated carbocycles. The number of anilines is 1. The molecular weight excluding hydrogens is 266 g/mol. The van der Waals surface area contributed by atoms with Gasteiger partial charge in [-0.2, -0.15) is 0 Å². The van der Waals surface area contributed by atoms with E-state index in [-0.39, 0.29) is 11.9 Å².